The number of aliphatic imine (C=N–C) groups is 1. The van der Waals surface area contributed by atoms with Crippen LogP contribution in [-0.2, 0) is 6.54 Å². The Hall–Kier alpha value is -1.45. The van der Waals surface area contributed by atoms with Gasteiger partial charge >= 0.3 is 0 Å². The van der Waals surface area contributed by atoms with Crippen molar-refractivity contribution in [1.82, 2.24) is 0 Å². The third kappa shape index (κ3) is 1.83. The average molecular weight is 174 g/mol. The second-order valence-corrected chi connectivity index (χ2v) is 3.06. The van der Waals surface area contributed by atoms with Gasteiger partial charge in [0.15, 0.2) is 6.34 Å². The Morgan fingerprint density at radius 3 is 2.62 bits per heavy atom. The summed E-state index contributed by atoms with van der Waals surface area (Å²) in [6, 6.07) is 9.68. The maximum atomic E-state index is 11.8. The fourth-order valence-electron chi connectivity index (χ4n) is 1.30. The first-order valence-electron chi connectivity index (χ1n) is 4.13. The summed E-state index contributed by atoms with van der Waals surface area (Å²) in [4.78, 5) is 3.79. The van der Waals surface area contributed by atoms with Gasteiger partial charge in [-0.1, -0.05) is 30.3 Å². The molecule has 1 aromatic rings. The molecule has 0 N–H and O–H groups in total. The summed E-state index contributed by atoms with van der Waals surface area (Å²) in [7, 11) is 0. The quantitative estimate of drug-likeness (QED) is 0.499. The van der Waals surface area contributed by atoms with Crippen molar-refractivity contribution in [1.29, 1.82) is 0 Å². The van der Waals surface area contributed by atoms with Crippen molar-refractivity contribution >= 4 is 6.34 Å². The van der Waals surface area contributed by atoms with E-state index in [9.17, 15) is 5.21 Å². The summed E-state index contributed by atoms with van der Waals surface area (Å²) in [6.07, 6.45) is 4.47. The molecule has 1 aliphatic rings. The van der Waals surface area contributed by atoms with E-state index in [0.717, 1.165) is 5.56 Å². The minimum Gasteiger partial charge on any atom is -0.621 e. The van der Waals surface area contributed by atoms with Gasteiger partial charge in [-0.2, -0.15) is 0 Å². The highest BCUT2D eigenvalue weighted by Crippen LogP contribution is 2.14. The molecule has 3 heteroatoms. The van der Waals surface area contributed by atoms with Gasteiger partial charge < -0.3 is 5.21 Å². The molecule has 1 atom stereocenters. The highest BCUT2D eigenvalue weighted by atomic mass is 16.5. The largest absolute Gasteiger partial charge is 0.621 e. The lowest BCUT2D eigenvalue weighted by Crippen LogP contribution is -2.31. The van der Waals surface area contributed by atoms with Crippen molar-refractivity contribution in [3.05, 3.63) is 53.5 Å². The van der Waals surface area contributed by atoms with Gasteiger partial charge in [-0.05, 0) is 0 Å². The van der Waals surface area contributed by atoms with Crippen LogP contribution in [0, 0.1) is 5.21 Å². The molecule has 0 saturated heterocycles. The summed E-state index contributed by atoms with van der Waals surface area (Å²) in [6.45, 7) is 0.417. The van der Waals surface area contributed by atoms with Crippen molar-refractivity contribution < 1.29 is 4.65 Å². The second-order valence-electron chi connectivity index (χ2n) is 3.06. The van der Waals surface area contributed by atoms with Crippen LogP contribution < -0.4 is 0 Å². The van der Waals surface area contributed by atoms with Crippen molar-refractivity contribution in [2.24, 2.45) is 4.99 Å². The molecule has 0 spiro atoms. The predicted octanol–water partition coefficient (Wildman–Crippen LogP) is 2.01. The molecule has 0 fully saturated rings. The molecule has 0 amide bonds. The summed E-state index contributed by atoms with van der Waals surface area (Å²) < 4.78 is -0.482. The molecular weight excluding hydrogens is 164 g/mol. The van der Waals surface area contributed by atoms with Crippen LogP contribution in [0.15, 0.2) is 47.7 Å². The van der Waals surface area contributed by atoms with E-state index < -0.39 is 4.65 Å². The molecule has 0 radical (unpaired) electrons. The Balaban J connectivity index is 2.15. The van der Waals surface area contributed by atoms with E-state index in [-0.39, 0.29) is 0 Å². The van der Waals surface area contributed by atoms with Crippen LogP contribution in [0.2, 0.25) is 0 Å². The second kappa shape index (κ2) is 3.12. The molecule has 1 aliphatic heterocycles. The number of benzene rings is 1. The number of quaternary nitrogens is 1. The van der Waals surface area contributed by atoms with Crippen LogP contribution in [0.3, 0.4) is 0 Å². The smallest absolute Gasteiger partial charge is 0.195 e. The van der Waals surface area contributed by atoms with Crippen LogP contribution >= 0.6 is 0 Å². The Kier molecular flexibility index (Phi) is 1.96. The molecule has 2 rings (SSSR count). The number of hydrogen-bond acceptors (Lipinski definition) is 2. The molecule has 0 saturated carbocycles. The average Bonchev–Trinajstić information content (AvgIpc) is 2.54. The highest BCUT2D eigenvalue weighted by molar-refractivity contribution is 5.51. The zero-order chi connectivity index (χ0) is 9.15. The topological polar surface area (TPSA) is 35.4 Å². The molecule has 1 aromatic carbocycles. The summed E-state index contributed by atoms with van der Waals surface area (Å²) in [5.41, 5.74) is 1.02. The van der Waals surface area contributed by atoms with E-state index >= 15 is 0 Å². The molecule has 3 nitrogen and oxygen atoms in total. The Morgan fingerprint density at radius 2 is 2.00 bits per heavy atom. The monoisotopic (exact) mass is 174 g/mol. The first kappa shape index (κ1) is 8.16. The van der Waals surface area contributed by atoms with E-state index in [1.807, 2.05) is 30.3 Å². The van der Waals surface area contributed by atoms with Gasteiger partial charge in [0.25, 0.3) is 0 Å². The lowest BCUT2D eigenvalue weighted by molar-refractivity contribution is -0.738. The minimum atomic E-state index is -0.482. The van der Waals surface area contributed by atoms with E-state index in [2.05, 4.69) is 4.99 Å². The van der Waals surface area contributed by atoms with Crippen LogP contribution in [0.5, 0.6) is 0 Å². The van der Waals surface area contributed by atoms with Crippen LogP contribution in [0.1, 0.15) is 5.56 Å². The van der Waals surface area contributed by atoms with Crippen molar-refractivity contribution in [2.75, 3.05) is 0 Å². The van der Waals surface area contributed by atoms with Gasteiger partial charge in [0.2, 0.25) is 0 Å². The molecule has 0 aromatic heterocycles. The van der Waals surface area contributed by atoms with Crippen LogP contribution in [0.4, 0.5) is 0 Å². The molecule has 66 valence electrons. The normalized spacial score (nSPS) is 25.3. The van der Waals surface area contributed by atoms with Gasteiger partial charge in [0.1, 0.15) is 12.7 Å². The predicted molar refractivity (Wildman–Crippen MR) is 51.4 cm³/mol. The highest BCUT2D eigenvalue weighted by Gasteiger charge is 2.14. The van der Waals surface area contributed by atoms with Gasteiger partial charge in [0, 0.05) is 5.56 Å². The molecule has 13 heavy (non-hydrogen) atoms. The van der Waals surface area contributed by atoms with Crippen LogP contribution in [-0.4, -0.2) is 11.0 Å². The standard InChI is InChI=1S/C10H10N2O/c13-12(7-6-11-9-12)8-10-4-2-1-3-5-10/h1-7,9H,8H2. The first-order chi connectivity index (χ1) is 6.29. The Bertz CT molecular complexity index is 331. The third-order valence-electron chi connectivity index (χ3n) is 1.94. The summed E-state index contributed by atoms with van der Waals surface area (Å²) in [5.74, 6) is 0. The molecule has 1 heterocycles. The Labute approximate surface area is 76.8 Å². The van der Waals surface area contributed by atoms with Gasteiger partial charge in [-0.15, -0.1) is 0 Å². The summed E-state index contributed by atoms with van der Waals surface area (Å²) in [5, 5.41) is 11.8. The SMILES string of the molecule is [O-][N+]1(Cc2ccccc2)C=CN=C1. The number of rotatable bonds is 2. The van der Waals surface area contributed by atoms with Gasteiger partial charge in [-0.25, -0.2) is 4.99 Å². The van der Waals surface area contributed by atoms with E-state index in [1.54, 1.807) is 0 Å². The maximum absolute atomic E-state index is 11.8. The number of hydroxylamine groups is 3. The van der Waals surface area contributed by atoms with Gasteiger partial charge in [0.05, 0.1) is 6.20 Å². The zero-order valence-electron chi connectivity index (χ0n) is 7.13. The lowest BCUT2D eigenvalue weighted by Gasteiger charge is -2.30. The van der Waals surface area contributed by atoms with E-state index in [0.29, 0.717) is 6.54 Å². The number of hydrogen-bond donors (Lipinski definition) is 0. The molecular formula is C10H10N2O. The fourth-order valence-corrected chi connectivity index (χ4v) is 1.30. The van der Waals surface area contributed by atoms with Crippen molar-refractivity contribution in [2.45, 2.75) is 6.54 Å². The molecule has 1 unspecified atom stereocenters. The van der Waals surface area contributed by atoms with Crippen LogP contribution in [0.25, 0.3) is 0 Å². The molecule has 0 bridgehead atoms. The van der Waals surface area contributed by atoms with Crippen molar-refractivity contribution in [3.63, 3.8) is 0 Å². The van der Waals surface area contributed by atoms with E-state index in [4.69, 9.17) is 0 Å². The van der Waals surface area contributed by atoms with Gasteiger partial charge in [-0.3, -0.25) is 4.65 Å². The molecule has 0 aliphatic carbocycles. The first-order valence-corrected chi connectivity index (χ1v) is 4.13. The maximum Gasteiger partial charge on any atom is 0.195 e. The zero-order valence-corrected chi connectivity index (χ0v) is 7.13. The number of nitrogens with zero attached hydrogens (tertiary/aromatic N) is 2. The lowest BCUT2D eigenvalue weighted by atomic mass is 10.2. The Morgan fingerprint density at radius 1 is 1.23 bits per heavy atom. The van der Waals surface area contributed by atoms with Crippen molar-refractivity contribution in [3.8, 4) is 0 Å². The van der Waals surface area contributed by atoms with E-state index in [1.165, 1.54) is 18.7 Å². The fraction of sp³-hybridized carbons (Fsp3) is 0.100. The minimum absolute atomic E-state index is 0.417. The summed E-state index contributed by atoms with van der Waals surface area (Å²) >= 11 is 0. The third-order valence-corrected chi connectivity index (χ3v) is 1.94.